The molecule has 1 saturated heterocycles. The van der Waals surface area contributed by atoms with Gasteiger partial charge >= 0.3 is 0 Å². The van der Waals surface area contributed by atoms with E-state index in [1.807, 2.05) is 0 Å². The number of rotatable bonds is 1. The Bertz CT molecular complexity index is 181. The minimum Gasteiger partial charge on any atom is -0.298 e. The summed E-state index contributed by atoms with van der Waals surface area (Å²) in [7, 11) is 2.40. The first kappa shape index (κ1) is 7.83. The van der Waals surface area contributed by atoms with Gasteiger partial charge in [-0.2, -0.15) is 0 Å². The SMILES string of the molecule is CC(=O)[C@@H]1CC(=O)CN1P. The molecular formula is C6H10NO2P. The van der Waals surface area contributed by atoms with E-state index >= 15 is 0 Å². The lowest BCUT2D eigenvalue weighted by Gasteiger charge is -2.13. The maximum atomic E-state index is 10.8. The van der Waals surface area contributed by atoms with Crippen molar-refractivity contribution in [1.82, 2.24) is 4.67 Å². The van der Waals surface area contributed by atoms with Crippen LogP contribution in [0.4, 0.5) is 0 Å². The zero-order valence-electron chi connectivity index (χ0n) is 5.83. The Balaban J connectivity index is 2.63. The van der Waals surface area contributed by atoms with Crippen molar-refractivity contribution in [3.63, 3.8) is 0 Å². The molecule has 1 rings (SSSR count). The highest BCUT2D eigenvalue weighted by atomic mass is 31.0. The first-order chi connectivity index (χ1) is 4.61. The molecule has 0 aromatic rings. The van der Waals surface area contributed by atoms with E-state index in [2.05, 4.69) is 9.39 Å². The molecule has 0 radical (unpaired) electrons. The molecule has 0 saturated carbocycles. The fraction of sp³-hybridized carbons (Fsp3) is 0.667. The number of hydrogen-bond acceptors (Lipinski definition) is 3. The minimum atomic E-state index is -0.183. The molecule has 10 heavy (non-hydrogen) atoms. The Kier molecular flexibility index (Phi) is 2.17. The average molecular weight is 159 g/mol. The summed E-state index contributed by atoms with van der Waals surface area (Å²) < 4.78 is 1.71. The zero-order chi connectivity index (χ0) is 7.72. The molecule has 3 nitrogen and oxygen atoms in total. The first-order valence-corrected chi connectivity index (χ1v) is 3.66. The highest BCUT2D eigenvalue weighted by molar-refractivity contribution is 7.13. The molecule has 0 amide bonds. The summed E-state index contributed by atoms with van der Waals surface area (Å²) in [6, 6.07) is -0.183. The molecule has 0 bridgehead atoms. The summed E-state index contributed by atoms with van der Waals surface area (Å²) >= 11 is 0. The van der Waals surface area contributed by atoms with Crippen molar-refractivity contribution in [2.45, 2.75) is 19.4 Å². The molecule has 1 unspecified atom stereocenters. The van der Waals surface area contributed by atoms with E-state index in [0.29, 0.717) is 13.0 Å². The van der Waals surface area contributed by atoms with E-state index in [1.165, 1.54) is 6.92 Å². The Labute approximate surface area is 62.0 Å². The second kappa shape index (κ2) is 2.77. The fourth-order valence-corrected chi connectivity index (χ4v) is 1.61. The van der Waals surface area contributed by atoms with Gasteiger partial charge in [-0.15, -0.1) is 0 Å². The summed E-state index contributed by atoms with van der Waals surface area (Å²) in [5.74, 6) is 0.219. The van der Waals surface area contributed by atoms with E-state index in [1.54, 1.807) is 4.67 Å². The molecule has 2 atom stereocenters. The number of hydrogen-bond donors (Lipinski definition) is 0. The molecule has 56 valence electrons. The lowest BCUT2D eigenvalue weighted by atomic mass is 10.1. The van der Waals surface area contributed by atoms with Gasteiger partial charge in [-0.25, -0.2) is 0 Å². The topological polar surface area (TPSA) is 37.4 Å². The molecule has 4 heteroatoms. The smallest absolute Gasteiger partial charge is 0.149 e. The molecule has 1 fully saturated rings. The summed E-state index contributed by atoms with van der Waals surface area (Å²) in [6.45, 7) is 1.91. The minimum absolute atomic E-state index is 0.0702. The van der Waals surface area contributed by atoms with Gasteiger partial charge < -0.3 is 0 Å². The highest BCUT2D eigenvalue weighted by Crippen LogP contribution is 2.18. The van der Waals surface area contributed by atoms with Crippen molar-refractivity contribution in [1.29, 1.82) is 0 Å². The predicted molar refractivity (Wildman–Crippen MR) is 40.5 cm³/mol. The Morgan fingerprint density at radius 1 is 1.80 bits per heavy atom. The lowest BCUT2D eigenvalue weighted by Crippen LogP contribution is -2.26. The first-order valence-electron chi connectivity index (χ1n) is 3.14. The van der Waals surface area contributed by atoms with Crippen LogP contribution in [0, 0.1) is 0 Å². The molecule has 0 aliphatic carbocycles. The maximum absolute atomic E-state index is 10.8. The molecule has 0 spiro atoms. The van der Waals surface area contributed by atoms with E-state index in [4.69, 9.17) is 0 Å². The summed E-state index contributed by atoms with van der Waals surface area (Å²) in [4.78, 5) is 21.6. The monoisotopic (exact) mass is 159 g/mol. The van der Waals surface area contributed by atoms with Crippen LogP contribution in [0.2, 0.25) is 0 Å². The molecule has 1 aliphatic heterocycles. The highest BCUT2D eigenvalue weighted by Gasteiger charge is 2.30. The standard InChI is InChI=1S/C6H10NO2P/c1-4(8)6-2-5(9)3-7(6)10/h6H,2-3,10H2,1H3/t6-/m0/s1. The van der Waals surface area contributed by atoms with Gasteiger partial charge in [0.1, 0.15) is 11.6 Å². The quantitative estimate of drug-likeness (QED) is 0.506. The largest absolute Gasteiger partial charge is 0.298 e. The van der Waals surface area contributed by atoms with Crippen LogP contribution >= 0.6 is 9.39 Å². The summed E-state index contributed by atoms with van der Waals surface area (Å²) in [5.41, 5.74) is 0. The second-order valence-corrected chi connectivity index (χ2v) is 3.20. The Morgan fingerprint density at radius 2 is 2.40 bits per heavy atom. The van der Waals surface area contributed by atoms with Crippen LogP contribution in [0.1, 0.15) is 13.3 Å². The van der Waals surface area contributed by atoms with E-state index in [-0.39, 0.29) is 17.6 Å². The molecule has 0 N–H and O–H groups in total. The van der Waals surface area contributed by atoms with Crippen LogP contribution in [0.25, 0.3) is 0 Å². The summed E-state index contributed by atoms with van der Waals surface area (Å²) in [5, 5.41) is 0. The molecular weight excluding hydrogens is 149 g/mol. The van der Waals surface area contributed by atoms with Crippen molar-refractivity contribution in [3.05, 3.63) is 0 Å². The number of carbonyl (C=O) groups excluding carboxylic acids is 2. The van der Waals surface area contributed by atoms with Gasteiger partial charge in [-0.05, 0) is 6.92 Å². The molecule has 0 aromatic carbocycles. The van der Waals surface area contributed by atoms with Crippen LogP contribution in [-0.2, 0) is 9.59 Å². The summed E-state index contributed by atoms with van der Waals surface area (Å²) in [6.07, 6.45) is 0.388. The van der Waals surface area contributed by atoms with Gasteiger partial charge in [-0.1, -0.05) is 9.39 Å². The molecule has 1 heterocycles. The van der Waals surface area contributed by atoms with Gasteiger partial charge in [0.05, 0.1) is 12.6 Å². The number of nitrogens with zero attached hydrogens (tertiary/aromatic N) is 1. The van der Waals surface area contributed by atoms with Gasteiger partial charge in [0, 0.05) is 6.42 Å². The zero-order valence-corrected chi connectivity index (χ0v) is 6.99. The molecule has 0 aromatic heterocycles. The average Bonchev–Trinajstić information content (AvgIpc) is 2.10. The van der Waals surface area contributed by atoms with Gasteiger partial charge in [0.15, 0.2) is 0 Å². The third-order valence-electron chi connectivity index (χ3n) is 1.65. The van der Waals surface area contributed by atoms with Gasteiger partial charge in [-0.3, -0.25) is 14.3 Å². The van der Waals surface area contributed by atoms with E-state index in [0.717, 1.165) is 0 Å². The third kappa shape index (κ3) is 1.41. The Hall–Kier alpha value is -0.270. The van der Waals surface area contributed by atoms with Gasteiger partial charge in [0.25, 0.3) is 0 Å². The van der Waals surface area contributed by atoms with Crippen LogP contribution in [-0.4, -0.2) is 28.8 Å². The van der Waals surface area contributed by atoms with E-state index < -0.39 is 0 Å². The van der Waals surface area contributed by atoms with Crippen LogP contribution < -0.4 is 0 Å². The van der Waals surface area contributed by atoms with Crippen molar-refractivity contribution in [2.75, 3.05) is 6.54 Å². The van der Waals surface area contributed by atoms with Crippen molar-refractivity contribution in [2.24, 2.45) is 0 Å². The normalized spacial score (nSPS) is 27.4. The van der Waals surface area contributed by atoms with Gasteiger partial charge in [0.2, 0.25) is 0 Å². The maximum Gasteiger partial charge on any atom is 0.149 e. The second-order valence-electron chi connectivity index (χ2n) is 2.54. The van der Waals surface area contributed by atoms with Crippen LogP contribution in [0.5, 0.6) is 0 Å². The number of Topliss-reactive ketones (excluding diaryl/α,β-unsaturated/α-hetero) is 2. The Morgan fingerprint density at radius 3 is 2.60 bits per heavy atom. The van der Waals surface area contributed by atoms with Crippen molar-refractivity contribution < 1.29 is 9.59 Å². The fourth-order valence-electron chi connectivity index (χ4n) is 1.09. The number of carbonyl (C=O) groups is 2. The van der Waals surface area contributed by atoms with E-state index in [9.17, 15) is 9.59 Å². The van der Waals surface area contributed by atoms with Crippen molar-refractivity contribution >= 4 is 21.0 Å². The van der Waals surface area contributed by atoms with Crippen LogP contribution in [0.15, 0.2) is 0 Å². The van der Waals surface area contributed by atoms with Crippen molar-refractivity contribution in [3.8, 4) is 0 Å². The third-order valence-corrected chi connectivity index (χ3v) is 2.19. The van der Waals surface area contributed by atoms with Crippen LogP contribution in [0.3, 0.4) is 0 Å². The predicted octanol–water partition coefficient (Wildman–Crippen LogP) is 0.00890. The number of ketones is 2. The lowest BCUT2D eigenvalue weighted by molar-refractivity contribution is -0.121. The molecule has 1 aliphatic rings.